The third kappa shape index (κ3) is 8.61. The average molecular weight is 474 g/mol. The Hall–Kier alpha value is -3.23. The topological polar surface area (TPSA) is 131 Å². The summed E-state index contributed by atoms with van der Waals surface area (Å²) in [6.45, 7) is 8.98. The first-order valence-electron chi connectivity index (χ1n) is 11.6. The van der Waals surface area contributed by atoms with Crippen molar-refractivity contribution in [2.24, 2.45) is 11.8 Å². The van der Waals surface area contributed by atoms with E-state index in [2.05, 4.69) is 16.0 Å². The van der Waals surface area contributed by atoms with E-state index in [4.69, 9.17) is 4.74 Å². The Labute approximate surface area is 200 Å². The lowest BCUT2D eigenvalue weighted by Gasteiger charge is -2.28. The van der Waals surface area contributed by atoms with Crippen molar-refractivity contribution >= 4 is 29.6 Å². The highest BCUT2D eigenvalue weighted by Gasteiger charge is 2.38. The van der Waals surface area contributed by atoms with Crippen molar-refractivity contribution in [3.63, 3.8) is 0 Å². The number of hydrogen-bond acceptors (Lipinski definition) is 6. The van der Waals surface area contributed by atoms with E-state index in [1.165, 1.54) is 0 Å². The number of Topliss-reactive ketones (excluding diaryl/α,β-unsaturated/α-hetero) is 1. The number of alkyl carbamates (subject to hydrolysis) is 1. The number of carbonyl (C=O) groups excluding carboxylic acids is 5. The molecule has 1 fully saturated rings. The van der Waals surface area contributed by atoms with Gasteiger partial charge >= 0.3 is 6.09 Å². The molecule has 1 aromatic rings. The Morgan fingerprint density at radius 3 is 2.26 bits per heavy atom. The van der Waals surface area contributed by atoms with E-state index in [9.17, 15) is 24.0 Å². The minimum Gasteiger partial charge on any atom is -0.444 e. The summed E-state index contributed by atoms with van der Waals surface area (Å²) in [5.41, 5.74) is 0.0644. The first-order chi connectivity index (χ1) is 15.9. The fourth-order valence-corrected chi connectivity index (χ4v) is 3.71. The normalized spacial score (nSPS) is 18.0. The monoisotopic (exact) mass is 473 g/mol. The Morgan fingerprint density at radius 1 is 1.06 bits per heavy atom. The molecule has 9 nitrogen and oxygen atoms in total. The molecule has 1 aromatic carbocycles. The van der Waals surface area contributed by atoms with Crippen molar-refractivity contribution in [1.82, 2.24) is 16.0 Å². The summed E-state index contributed by atoms with van der Waals surface area (Å²) in [6, 6.07) is 7.18. The highest BCUT2D eigenvalue weighted by atomic mass is 16.6. The van der Waals surface area contributed by atoms with Gasteiger partial charge in [0, 0.05) is 6.42 Å². The van der Waals surface area contributed by atoms with E-state index >= 15 is 0 Å². The number of nitrogens with one attached hydrogen (secondary N) is 3. The summed E-state index contributed by atoms with van der Waals surface area (Å²) >= 11 is 0. The van der Waals surface area contributed by atoms with Gasteiger partial charge < -0.3 is 15.4 Å². The molecular weight excluding hydrogens is 438 g/mol. The van der Waals surface area contributed by atoms with Gasteiger partial charge in [-0.3, -0.25) is 24.5 Å². The highest BCUT2D eigenvalue weighted by molar-refractivity contribution is 6.11. The first kappa shape index (κ1) is 27.0. The molecule has 1 heterocycles. The predicted molar refractivity (Wildman–Crippen MR) is 126 cm³/mol. The summed E-state index contributed by atoms with van der Waals surface area (Å²) in [6.07, 6.45) is -0.0790. The van der Waals surface area contributed by atoms with Gasteiger partial charge in [0.1, 0.15) is 11.6 Å². The van der Waals surface area contributed by atoms with Crippen molar-refractivity contribution in [1.29, 1.82) is 0 Å². The summed E-state index contributed by atoms with van der Waals surface area (Å²) in [5.74, 6) is -3.04. The van der Waals surface area contributed by atoms with Crippen LogP contribution < -0.4 is 16.0 Å². The van der Waals surface area contributed by atoms with E-state index in [-0.39, 0.29) is 25.2 Å². The molecule has 4 amide bonds. The maximum atomic E-state index is 13.3. The molecule has 3 atom stereocenters. The number of ether oxygens (including phenoxy) is 1. The third-order valence-electron chi connectivity index (χ3n) is 5.24. The second-order valence-electron chi connectivity index (χ2n) is 9.99. The highest BCUT2D eigenvalue weighted by Crippen LogP contribution is 2.18. The van der Waals surface area contributed by atoms with Crippen LogP contribution in [0.5, 0.6) is 0 Å². The van der Waals surface area contributed by atoms with Gasteiger partial charge in [0.05, 0.1) is 12.0 Å². The van der Waals surface area contributed by atoms with Crippen LogP contribution in [0.4, 0.5) is 4.79 Å². The quantitative estimate of drug-likeness (QED) is 0.373. The van der Waals surface area contributed by atoms with Gasteiger partial charge in [-0.25, -0.2) is 4.79 Å². The van der Waals surface area contributed by atoms with Crippen molar-refractivity contribution in [2.45, 2.75) is 78.0 Å². The second kappa shape index (κ2) is 11.8. The number of amides is 4. The molecule has 9 heteroatoms. The van der Waals surface area contributed by atoms with E-state index < -0.39 is 53.2 Å². The average Bonchev–Trinajstić information content (AvgIpc) is 2.71. The van der Waals surface area contributed by atoms with Crippen LogP contribution in [0, 0.1) is 11.8 Å². The largest absolute Gasteiger partial charge is 0.444 e. The maximum Gasteiger partial charge on any atom is 0.408 e. The van der Waals surface area contributed by atoms with Crippen LogP contribution in [0.2, 0.25) is 0 Å². The Bertz CT molecular complexity index is 907. The Morgan fingerprint density at radius 2 is 1.71 bits per heavy atom. The van der Waals surface area contributed by atoms with Crippen LogP contribution in [0.25, 0.3) is 0 Å². The third-order valence-corrected chi connectivity index (χ3v) is 5.24. The molecule has 3 N–H and O–H groups in total. The molecule has 1 unspecified atom stereocenters. The molecule has 0 spiro atoms. The minimum absolute atomic E-state index is 0.0598. The fraction of sp³-hybridized carbons (Fsp3) is 0.560. The van der Waals surface area contributed by atoms with Gasteiger partial charge in [0.2, 0.25) is 17.7 Å². The zero-order chi connectivity index (χ0) is 25.5. The lowest BCUT2D eigenvalue weighted by Crippen LogP contribution is -2.56. The lowest BCUT2D eigenvalue weighted by atomic mass is 9.87. The minimum atomic E-state index is -1.03. The van der Waals surface area contributed by atoms with Crippen LogP contribution in [-0.4, -0.2) is 47.3 Å². The number of carbonyl (C=O) groups is 5. The molecule has 0 aromatic heterocycles. The molecule has 186 valence electrons. The van der Waals surface area contributed by atoms with E-state index in [0.29, 0.717) is 6.42 Å². The van der Waals surface area contributed by atoms with Gasteiger partial charge in [-0.05, 0) is 51.5 Å². The maximum absolute atomic E-state index is 13.3. The van der Waals surface area contributed by atoms with E-state index in [0.717, 1.165) is 5.56 Å². The van der Waals surface area contributed by atoms with Crippen LogP contribution in [0.3, 0.4) is 0 Å². The molecular formula is C25H35N3O6. The summed E-state index contributed by atoms with van der Waals surface area (Å²) in [4.78, 5) is 62.7. The Kier molecular flexibility index (Phi) is 9.35. The van der Waals surface area contributed by atoms with Crippen LogP contribution >= 0.6 is 0 Å². The van der Waals surface area contributed by atoms with Gasteiger partial charge in [0.25, 0.3) is 0 Å². The van der Waals surface area contributed by atoms with Gasteiger partial charge in [-0.2, -0.15) is 0 Å². The number of rotatable bonds is 9. The fourth-order valence-electron chi connectivity index (χ4n) is 3.71. The lowest BCUT2D eigenvalue weighted by molar-refractivity contribution is -0.142. The van der Waals surface area contributed by atoms with E-state index in [1.54, 1.807) is 20.8 Å². The van der Waals surface area contributed by atoms with Gasteiger partial charge in [-0.1, -0.05) is 44.2 Å². The van der Waals surface area contributed by atoms with Crippen molar-refractivity contribution in [3.8, 4) is 0 Å². The molecule has 1 aliphatic heterocycles. The zero-order valence-corrected chi connectivity index (χ0v) is 20.5. The van der Waals surface area contributed by atoms with Crippen molar-refractivity contribution in [3.05, 3.63) is 35.9 Å². The molecule has 0 aliphatic carbocycles. The first-order valence-corrected chi connectivity index (χ1v) is 11.6. The summed E-state index contributed by atoms with van der Waals surface area (Å²) in [7, 11) is 0. The van der Waals surface area contributed by atoms with Gasteiger partial charge in [-0.15, -0.1) is 0 Å². The SMILES string of the molecule is CC(C)C[C@H](NC(=O)OC(C)(C)C)C(=O)N[C@@H](Cc1ccccc1)C(=O)C1CCC(=O)NC1=O. The molecule has 0 bridgehead atoms. The molecule has 0 saturated carbocycles. The van der Waals surface area contributed by atoms with E-state index in [1.807, 2.05) is 44.2 Å². The van der Waals surface area contributed by atoms with Crippen LogP contribution in [-0.2, 0) is 30.3 Å². The Balaban J connectivity index is 2.23. The molecule has 1 aliphatic rings. The predicted octanol–water partition coefficient (Wildman–Crippen LogP) is 2.28. The number of hydrogen-bond donors (Lipinski definition) is 3. The molecule has 1 saturated heterocycles. The smallest absolute Gasteiger partial charge is 0.408 e. The number of benzene rings is 1. The number of imide groups is 1. The van der Waals surface area contributed by atoms with Crippen LogP contribution in [0.15, 0.2) is 30.3 Å². The summed E-state index contributed by atoms with van der Waals surface area (Å²) in [5, 5.41) is 7.54. The molecule has 2 rings (SSSR count). The zero-order valence-electron chi connectivity index (χ0n) is 20.5. The standard InChI is InChI=1S/C25H35N3O6/c1-15(2)13-19(27-24(33)34-25(3,4)5)23(32)26-18(14-16-9-7-6-8-10-16)21(30)17-11-12-20(29)28-22(17)31/h6-10,15,17-19H,11-14H2,1-5H3,(H,26,32)(H,27,33)(H,28,29,31)/t17?,18-,19-/m0/s1. The van der Waals surface area contributed by atoms with Crippen LogP contribution in [0.1, 0.15) is 59.4 Å². The number of piperidine rings is 1. The molecule has 0 radical (unpaired) electrons. The summed E-state index contributed by atoms with van der Waals surface area (Å²) < 4.78 is 5.29. The van der Waals surface area contributed by atoms with Crippen molar-refractivity contribution in [2.75, 3.05) is 0 Å². The molecule has 34 heavy (non-hydrogen) atoms. The van der Waals surface area contributed by atoms with Gasteiger partial charge in [0.15, 0.2) is 5.78 Å². The number of ketones is 1. The second-order valence-corrected chi connectivity index (χ2v) is 9.99. The van der Waals surface area contributed by atoms with Crippen molar-refractivity contribution < 1.29 is 28.7 Å².